The van der Waals surface area contributed by atoms with E-state index in [0.29, 0.717) is 19.7 Å². The van der Waals surface area contributed by atoms with Gasteiger partial charge in [0.05, 0.1) is 24.6 Å². The van der Waals surface area contributed by atoms with E-state index in [4.69, 9.17) is 4.74 Å². The molecule has 1 aromatic heterocycles. The van der Waals surface area contributed by atoms with Crippen molar-refractivity contribution in [2.24, 2.45) is 10.9 Å². The van der Waals surface area contributed by atoms with Gasteiger partial charge >= 0.3 is 5.69 Å². The molecule has 0 aromatic carbocycles. The van der Waals surface area contributed by atoms with E-state index in [-0.39, 0.29) is 29.7 Å². The molecule has 25 heavy (non-hydrogen) atoms. The number of aliphatic imine (C=N–C) groups is 1. The Morgan fingerprint density at radius 2 is 2.36 bits per heavy atom. The molecule has 9 nitrogen and oxygen atoms in total. The fourth-order valence-electron chi connectivity index (χ4n) is 2.14. The number of guanidine groups is 1. The molecule has 2 rings (SSSR count). The average molecular weight is 466 g/mol. The normalized spacial score (nSPS) is 14.1. The van der Waals surface area contributed by atoms with E-state index in [1.807, 2.05) is 18.9 Å². The van der Waals surface area contributed by atoms with Crippen LogP contribution in [0, 0.1) is 16.0 Å². The average Bonchev–Trinajstić information content (AvgIpc) is 3.26. The van der Waals surface area contributed by atoms with Gasteiger partial charge in [0.1, 0.15) is 12.4 Å². The van der Waals surface area contributed by atoms with E-state index in [1.165, 1.54) is 29.9 Å². The fourth-order valence-corrected chi connectivity index (χ4v) is 2.14. The van der Waals surface area contributed by atoms with Crippen LogP contribution in [0.1, 0.15) is 19.8 Å². The van der Waals surface area contributed by atoms with Crippen molar-refractivity contribution < 1.29 is 9.66 Å². The number of nitrogens with one attached hydrogen (secondary N) is 1. The van der Waals surface area contributed by atoms with Gasteiger partial charge in [-0.05, 0) is 25.7 Å². The van der Waals surface area contributed by atoms with Crippen LogP contribution in [0.2, 0.25) is 0 Å². The number of nitrogens with zero attached hydrogens (tertiary/aromatic N) is 5. The molecule has 0 amide bonds. The molecule has 1 saturated carbocycles. The Balaban J connectivity index is 0.00000312. The molecule has 0 saturated heterocycles. The minimum absolute atomic E-state index is 0. The fraction of sp³-hybridized carbons (Fsp3) is 0.733. The maximum absolute atomic E-state index is 10.6. The number of aromatic nitrogens is 2. The van der Waals surface area contributed by atoms with Crippen LogP contribution in [0.25, 0.3) is 0 Å². The third-order valence-corrected chi connectivity index (χ3v) is 3.74. The number of ether oxygens (including phenoxy) is 1. The molecule has 0 radical (unpaired) electrons. The lowest BCUT2D eigenvalue weighted by Gasteiger charge is -2.22. The summed E-state index contributed by atoms with van der Waals surface area (Å²) in [6.45, 7) is 6.10. The van der Waals surface area contributed by atoms with Crippen LogP contribution < -0.4 is 5.32 Å². The first-order valence-corrected chi connectivity index (χ1v) is 8.34. The molecule has 0 spiro atoms. The highest BCUT2D eigenvalue weighted by Gasteiger charge is 2.21. The molecule has 0 unspecified atom stereocenters. The first kappa shape index (κ1) is 21.6. The number of hydrogen-bond acceptors (Lipinski definition) is 5. The highest BCUT2D eigenvalue weighted by Crippen LogP contribution is 2.28. The lowest BCUT2D eigenvalue weighted by molar-refractivity contribution is -0.385. The highest BCUT2D eigenvalue weighted by molar-refractivity contribution is 14.0. The second-order valence-corrected chi connectivity index (χ2v) is 5.89. The molecule has 142 valence electrons. The van der Waals surface area contributed by atoms with Crippen molar-refractivity contribution in [3.8, 4) is 0 Å². The second kappa shape index (κ2) is 11.2. The van der Waals surface area contributed by atoms with Gasteiger partial charge in [0, 0.05) is 26.7 Å². The van der Waals surface area contributed by atoms with Crippen LogP contribution in [0.5, 0.6) is 0 Å². The molecule has 0 aliphatic heterocycles. The summed E-state index contributed by atoms with van der Waals surface area (Å²) in [4.78, 5) is 16.7. The Bertz CT molecular complexity index is 561. The standard InChI is InChI=1S/C15H26N6O3.HI/c1-3-16-15(19(2)8-9-24-12-13-4-5-13)17-6-7-20-11-14(10-18-20)21(22)23;/h10-11,13H,3-9,12H2,1-2H3,(H,16,17);1H. The van der Waals surface area contributed by atoms with Crippen molar-refractivity contribution in [1.29, 1.82) is 0 Å². The molecule has 1 heterocycles. The quantitative estimate of drug-likeness (QED) is 0.141. The Morgan fingerprint density at radius 1 is 1.60 bits per heavy atom. The Kier molecular flexibility index (Phi) is 9.71. The highest BCUT2D eigenvalue weighted by atomic mass is 127. The lowest BCUT2D eigenvalue weighted by Crippen LogP contribution is -2.40. The predicted octanol–water partition coefficient (Wildman–Crippen LogP) is 1.73. The van der Waals surface area contributed by atoms with Gasteiger partial charge in [-0.1, -0.05) is 0 Å². The summed E-state index contributed by atoms with van der Waals surface area (Å²) in [7, 11) is 1.97. The molecular weight excluding hydrogens is 439 g/mol. The van der Waals surface area contributed by atoms with Crippen LogP contribution in [-0.2, 0) is 11.3 Å². The number of halogens is 1. The van der Waals surface area contributed by atoms with E-state index in [0.717, 1.165) is 31.6 Å². The molecule has 0 atom stereocenters. The Labute approximate surface area is 165 Å². The van der Waals surface area contributed by atoms with Crippen molar-refractivity contribution in [3.63, 3.8) is 0 Å². The largest absolute Gasteiger partial charge is 0.379 e. The van der Waals surface area contributed by atoms with Crippen LogP contribution in [-0.4, -0.2) is 65.5 Å². The number of likely N-dealkylation sites (N-methyl/N-ethyl adjacent to an activating group) is 1. The summed E-state index contributed by atoms with van der Waals surface area (Å²) in [6, 6.07) is 0. The Hall–Kier alpha value is -1.43. The van der Waals surface area contributed by atoms with Gasteiger partial charge in [0.25, 0.3) is 0 Å². The zero-order chi connectivity index (χ0) is 17.4. The zero-order valence-corrected chi connectivity index (χ0v) is 17.1. The van der Waals surface area contributed by atoms with Gasteiger partial charge in [-0.25, -0.2) is 0 Å². The molecule has 1 aromatic rings. The van der Waals surface area contributed by atoms with Gasteiger partial charge in [-0.3, -0.25) is 19.8 Å². The molecule has 0 bridgehead atoms. The van der Waals surface area contributed by atoms with Crippen molar-refractivity contribution in [1.82, 2.24) is 20.0 Å². The smallest absolute Gasteiger partial charge is 0.306 e. The minimum Gasteiger partial charge on any atom is -0.379 e. The van der Waals surface area contributed by atoms with E-state index < -0.39 is 4.92 Å². The van der Waals surface area contributed by atoms with Crippen molar-refractivity contribution >= 4 is 35.6 Å². The predicted molar refractivity (Wildman–Crippen MR) is 106 cm³/mol. The summed E-state index contributed by atoms with van der Waals surface area (Å²) >= 11 is 0. The third kappa shape index (κ3) is 7.99. The topological polar surface area (TPSA) is 97.8 Å². The number of rotatable bonds is 10. The van der Waals surface area contributed by atoms with Gasteiger partial charge in [-0.15, -0.1) is 24.0 Å². The summed E-state index contributed by atoms with van der Waals surface area (Å²) in [5.41, 5.74) is -0.00387. The van der Waals surface area contributed by atoms with Crippen LogP contribution in [0.15, 0.2) is 17.4 Å². The second-order valence-electron chi connectivity index (χ2n) is 5.89. The molecular formula is C15H27IN6O3. The molecule has 1 aliphatic carbocycles. The summed E-state index contributed by atoms with van der Waals surface area (Å²) in [5.74, 6) is 1.57. The van der Waals surface area contributed by atoms with Crippen LogP contribution in [0.3, 0.4) is 0 Å². The first-order chi connectivity index (χ1) is 11.6. The van der Waals surface area contributed by atoms with E-state index in [1.54, 1.807) is 0 Å². The van der Waals surface area contributed by atoms with E-state index in [9.17, 15) is 10.1 Å². The lowest BCUT2D eigenvalue weighted by atomic mass is 10.5. The van der Waals surface area contributed by atoms with E-state index in [2.05, 4.69) is 15.4 Å². The maximum Gasteiger partial charge on any atom is 0.306 e. The van der Waals surface area contributed by atoms with Crippen molar-refractivity contribution in [2.75, 3.05) is 39.9 Å². The van der Waals surface area contributed by atoms with Gasteiger partial charge in [0.2, 0.25) is 0 Å². The third-order valence-electron chi connectivity index (χ3n) is 3.74. The molecule has 1 fully saturated rings. The van der Waals surface area contributed by atoms with Gasteiger partial charge < -0.3 is 15.0 Å². The van der Waals surface area contributed by atoms with E-state index >= 15 is 0 Å². The van der Waals surface area contributed by atoms with Gasteiger partial charge in [0.15, 0.2) is 5.96 Å². The van der Waals surface area contributed by atoms with Crippen LogP contribution in [0.4, 0.5) is 5.69 Å². The number of nitro groups is 1. The monoisotopic (exact) mass is 466 g/mol. The summed E-state index contributed by atoms with van der Waals surface area (Å²) < 4.78 is 7.18. The summed E-state index contributed by atoms with van der Waals surface area (Å²) in [5, 5.41) is 17.8. The molecule has 10 heteroatoms. The maximum atomic E-state index is 10.6. The van der Waals surface area contributed by atoms with Crippen molar-refractivity contribution in [2.45, 2.75) is 26.3 Å². The first-order valence-electron chi connectivity index (χ1n) is 8.34. The summed E-state index contributed by atoms with van der Waals surface area (Å²) in [6.07, 6.45) is 5.26. The van der Waals surface area contributed by atoms with Crippen molar-refractivity contribution in [3.05, 3.63) is 22.5 Å². The minimum atomic E-state index is -0.452. The Morgan fingerprint density at radius 3 is 2.96 bits per heavy atom. The van der Waals surface area contributed by atoms with Crippen LogP contribution >= 0.6 is 24.0 Å². The number of hydrogen-bond donors (Lipinski definition) is 1. The SMILES string of the molecule is CCNC(=NCCn1cc([N+](=O)[O-])cn1)N(C)CCOCC1CC1.I. The molecule has 1 N–H and O–H groups in total. The zero-order valence-electron chi connectivity index (χ0n) is 14.8. The molecule has 1 aliphatic rings. The van der Waals surface area contributed by atoms with Gasteiger partial charge in [-0.2, -0.15) is 5.10 Å².